The van der Waals surface area contributed by atoms with Gasteiger partial charge in [-0.05, 0) is 17.7 Å². The van der Waals surface area contributed by atoms with Crippen molar-refractivity contribution in [1.82, 2.24) is 25.4 Å². The molecule has 1 atom stereocenters. The van der Waals surface area contributed by atoms with Crippen LogP contribution in [-0.2, 0) is 7.05 Å². The molecule has 0 saturated carbocycles. The van der Waals surface area contributed by atoms with Crippen LogP contribution in [-0.4, -0.2) is 20.0 Å². The molecule has 3 rings (SSSR count). The predicted molar refractivity (Wildman–Crippen MR) is 71.9 cm³/mol. The average Bonchev–Trinajstić information content (AvgIpc) is 2.86. The molecule has 2 aromatic heterocycles. The Morgan fingerprint density at radius 1 is 1.26 bits per heavy atom. The number of hydrazine groups is 1. The lowest BCUT2D eigenvalue weighted by atomic mass is 10.0. The summed E-state index contributed by atoms with van der Waals surface area (Å²) in [7, 11) is 1.84. The van der Waals surface area contributed by atoms with Gasteiger partial charge in [0.05, 0.1) is 23.4 Å². The first-order valence-corrected chi connectivity index (χ1v) is 5.95. The van der Waals surface area contributed by atoms with Gasteiger partial charge in [-0.2, -0.15) is 0 Å². The van der Waals surface area contributed by atoms with Gasteiger partial charge in [-0.3, -0.25) is 15.5 Å². The molecule has 19 heavy (non-hydrogen) atoms. The van der Waals surface area contributed by atoms with E-state index < -0.39 is 0 Å². The summed E-state index contributed by atoms with van der Waals surface area (Å²) in [4.78, 5) is 4.36. The molecule has 6 nitrogen and oxygen atoms in total. The van der Waals surface area contributed by atoms with Crippen LogP contribution in [0.25, 0.3) is 10.9 Å². The number of aryl methyl sites for hydroxylation is 1. The van der Waals surface area contributed by atoms with E-state index >= 15 is 0 Å². The van der Waals surface area contributed by atoms with E-state index in [0.717, 1.165) is 22.2 Å². The summed E-state index contributed by atoms with van der Waals surface area (Å²) >= 11 is 0. The molecule has 2 heterocycles. The van der Waals surface area contributed by atoms with Gasteiger partial charge in [0.25, 0.3) is 0 Å². The maximum Gasteiger partial charge on any atom is 0.0901 e. The molecule has 1 aromatic carbocycles. The summed E-state index contributed by atoms with van der Waals surface area (Å²) in [5, 5.41) is 8.91. The maximum atomic E-state index is 5.72. The molecule has 3 aromatic rings. The number of benzene rings is 1. The summed E-state index contributed by atoms with van der Waals surface area (Å²) in [6, 6.07) is 9.76. The number of pyridine rings is 1. The number of aromatic nitrogens is 4. The third-order valence-electron chi connectivity index (χ3n) is 3.21. The Hall–Kier alpha value is -2.31. The van der Waals surface area contributed by atoms with Gasteiger partial charge in [0.15, 0.2) is 0 Å². The summed E-state index contributed by atoms with van der Waals surface area (Å²) < 4.78 is 1.71. The van der Waals surface area contributed by atoms with E-state index in [4.69, 9.17) is 5.84 Å². The van der Waals surface area contributed by atoms with Crippen LogP contribution >= 0.6 is 0 Å². The van der Waals surface area contributed by atoms with Gasteiger partial charge < -0.3 is 0 Å². The van der Waals surface area contributed by atoms with Gasteiger partial charge in [-0.15, -0.1) is 5.10 Å². The number of nitrogens with two attached hydrogens (primary N) is 1. The molecule has 6 heteroatoms. The fraction of sp³-hybridized carbons (Fsp3) is 0.154. The second-order valence-corrected chi connectivity index (χ2v) is 4.30. The molecular weight excluding hydrogens is 240 g/mol. The molecule has 0 aliphatic carbocycles. The number of nitrogens with zero attached hydrogens (tertiary/aromatic N) is 4. The fourth-order valence-corrected chi connectivity index (χ4v) is 2.26. The highest BCUT2D eigenvalue weighted by Crippen LogP contribution is 2.26. The monoisotopic (exact) mass is 254 g/mol. The number of hydrogen-bond acceptors (Lipinski definition) is 5. The van der Waals surface area contributed by atoms with Crippen molar-refractivity contribution in [1.29, 1.82) is 0 Å². The van der Waals surface area contributed by atoms with E-state index in [1.165, 1.54) is 0 Å². The van der Waals surface area contributed by atoms with Crippen molar-refractivity contribution in [3.05, 3.63) is 54.0 Å². The number of hydrogen-bond donors (Lipinski definition) is 2. The van der Waals surface area contributed by atoms with Gasteiger partial charge in [-0.25, -0.2) is 5.43 Å². The lowest BCUT2D eigenvalue weighted by Gasteiger charge is -2.17. The van der Waals surface area contributed by atoms with Gasteiger partial charge in [0.2, 0.25) is 0 Å². The van der Waals surface area contributed by atoms with Crippen molar-refractivity contribution < 1.29 is 0 Å². The van der Waals surface area contributed by atoms with Gasteiger partial charge in [-0.1, -0.05) is 23.4 Å². The first-order valence-electron chi connectivity index (χ1n) is 5.95. The van der Waals surface area contributed by atoms with E-state index in [1.54, 1.807) is 17.1 Å². The number of fused-ring (bicyclic) bond motifs is 1. The molecular formula is C13H14N6. The van der Waals surface area contributed by atoms with Crippen molar-refractivity contribution in [3.63, 3.8) is 0 Å². The summed E-state index contributed by atoms with van der Waals surface area (Å²) in [6.45, 7) is 0. The molecule has 96 valence electrons. The summed E-state index contributed by atoms with van der Waals surface area (Å²) in [5.74, 6) is 5.72. The second kappa shape index (κ2) is 4.75. The first-order chi connectivity index (χ1) is 9.31. The lowest BCUT2D eigenvalue weighted by Crippen LogP contribution is -2.30. The Kier molecular flexibility index (Phi) is 2.94. The normalized spacial score (nSPS) is 12.7. The molecule has 0 amide bonds. The minimum Gasteiger partial charge on any atom is -0.271 e. The Labute approximate surface area is 110 Å². The zero-order valence-corrected chi connectivity index (χ0v) is 10.5. The Balaban J connectivity index is 2.20. The molecule has 1 unspecified atom stereocenters. The SMILES string of the molecule is Cn1nncc1C(NN)c1ccnc2ccccc12. The number of rotatable bonds is 3. The maximum absolute atomic E-state index is 5.72. The van der Waals surface area contributed by atoms with E-state index in [0.29, 0.717) is 0 Å². The van der Waals surface area contributed by atoms with Gasteiger partial charge >= 0.3 is 0 Å². The van der Waals surface area contributed by atoms with Crippen molar-refractivity contribution in [3.8, 4) is 0 Å². The minimum absolute atomic E-state index is 0.173. The third-order valence-corrected chi connectivity index (χ3v) is 3.21. The van der Waals surface area contributed by atoms with Crippen molar-refractivity contribution in [2.24, 2.45) is 12.9 Å². The molecule has 0 spiro atoms. The largest absolute Gasteiger partial charge is 0.271 e. The molecule has 0 bridgehead atoms. The topological polar surface area (TPSA) is 81.7 Å². The first kappa shape index (κ1) is 11.8. The molecule has 0 radical (unpaired) electrons. The molecule has 0 fully saturated rings. The Morgan fingerprint density at radius 3 is 2.84 bits per heavy atom. The van der Waals surface area contributed by atoms with E-state index in [1.807, 2.05) is 37.4 Å². The third kappa shape index (κ3) is 1.96. The van der Waals surface area contributed by atoms with Crippen LogP contribution in [0.3, 0.4) is 0 Å². The zero-order valence-electron chi connectivity index (χ0n) is 10.5. The van der Waals surface area contributed by atoms with Crippen molar-refractivity contribution in [2.45, 2.75) is 6.04 Å². The van der Waals surface area contributed by atoms with Gasteiger partial charge in [0, 0.05) is 18.6 Å². The van der Waals surface area contributed by atoms with E-state index in [2.05, 4.69) is 20.7 Å². The van der Waals surface area contributed by atoms with Crippen LogP contribution < -0.4 is 11.3 Å². The zero-order chi connectivity index (χ0) is 13.2. The summed E-state index contributed by atoms with van der Waals surface area (Å²) in [6.07, 6.45) is 3.49. The quantitative estimate of drug-likeness (QED) is 0.536. The van der Waals surface area contributed by atoms with Crippen LogP contribution in [0.15, 0.2) is 42.7 Å². The second-order valence-electron chi connectivity index (χ2n) is 4.30. The molecule has 0 aliphatic heterocycles. The Bertz CT molecular complexity index is 700. The smallest absolute Gasteiger partial charge is 0.0901 e. The highest BCUT2D eigenvalue weighted by Gasteiger charge is 2.18. The van der Waals surface area contributed by atoms with Crippen LogP contribution in [0.5, 0.6) is 0 Å². The van der Waals surface area contributed by atoms with Crippen LogP contribution in [0, 0.1) is 0 Å². The van der Waals surface area contributed by atoms with E-state index in [9.17, 15) is 0 Å². The number of nitrogens with one attached hydrogen (secondary N) is 1. The fourth-order valence-electron chi connectivity index (χ4n) is 2.26. The Morgan fingerprint density at radius 2 is 2.11 bits per heavy atom. The molecule has 3 N–H and O–H groups in total. The highest BCUT2D eigenvalue weighted by atomic mass is 15.4. The number of para-hydroxylation sites is 1. The van der Waals surface area contributed by atoms with Crippen molar-refractivity contribution in [2.75, 3.05) is 0 Å². The molecule has 0 saturated heterocycles. The van der Waals surface area contributed by atoms with Gasteiger partial charge in [0.1, 0.15) is 0 Å². The van der Waals surface area contributed by atoms with Crippen LogP contribution in [0.4, 0.5) is 0 Å². The summed E-state index contributed by atoms with van der Waals surface area (Å²) in [5.41, 5.74) is 5.72. The highest BCUT2D eigenvalue weighted by molar-refractivity contribution is 5.82. The van der Waals surface area contributed by atoms with Crippen LogP contribution in [0.1, 0.15) is 17.3 Å². The lowest BCUT2D eigenvalue weighted by molar-refractivity contribution is 0.572. The standard InChI is InChI=1S/C13H14N6/c1-19-12(8-16-18-19)13(17-14)10-6-7-15-11-5-3-2-4-9(10)11/h2-8,13,17H,14H2,1H3. The van der Waals surface area contributed by atoms with Crippen molar-refractivity contribution >= 4 is 10.9 Å². The average molecular weight is 254 g/mol. The minimum atomic E-state index is -0.173. The molecule has 0 aliphatic rings. The van der Waals surface area contributed by atoms with Crippen LogP contribution in [0.2, 0.25) is 0 Å². The van der Waals surface area contributed by atoms with E-state index in [-0.39, 0.29) is 6.04 Å². The predicted octanol–water partition coefficient (Wildman–Crippen LogP) is 0.916.